The summed E-state index contributed by atoms with van der Waals surface area (Å²) in [6.07, 6.45) is -0.0557. The van der Waals surface area contributed by atoms with Crippen molar-refractivity contribution in [2.45, 2.75) is 51.2 Å². The lowest BCUT2D eigenvalue weighted by Crippen LogP contribution is -2.49. The van der Waals surface area contributed by atoms with E-state index in [1.165, 1.54) is 0 Å². The Morgan fingerprint density at radius 2 is 2.06 bits per heavy atom. The molecule has 1 aliphatic heterocycles. The van der Waals surface area contributed by atoms with Gasteiger partial charge in [-0.15, -0.1) is 0 Å². The Kier molecular flexibility index (Phi) is 3.96. The van der Waals surface area contributed by atoms with Crippen molar-refractivity contribution in [3.05, 3.63) is 0 Å². The van der Waals surface area contributed by atoms with Crippen molar-refractivity contribution in [2.24, 2.45) is 0 Å². The summed E-state index contributed by atoms with van der Waals surface area (Å²) < 4.78 is 31.9. The van der Waals surface area contributed by atoms with Crippen molar-refractivity contribution in [1.82, 2.24) is 4.90 Å². The van der Waals surface area contributed by atoms with Crippen molar-refractivity contribution in [1.29, 1.82) is 0 Å². The molecule has 6 heteroatoms. The van der Waals surface area contributed by atoms with Crippen LogP contribution in [0, 0.1) is 0 Å². The molecule has 17 heavy (non-hydrogen) atoms. The summed E-state index contributed by atoms with van der Waals surface area (Å²) >= 11 is 0. The van der Waals surface area contributed by atoms with Gasteiger partial charge in [0.15, 0.2) is 0 Å². The lowest BCUT2D eigenvalue weighted by Gasteiger charge is -2.32. The summed E-state index contributed by atoms with van der Waals surface area (Å²) in [5.74, 6) is -3.27. The first-order chi connectivity index (χ1) is 7.67. The van der Waals surface area contributed by atoms with Crippen LogP contribution in [0.1, 0.15) is 33.6 Å². The summed E-state index contributed by atoms with van der Waals surface area (Å²) in [7, 11) is 0. The molecule has 4 nitrogen and oxygen atoms in total. The summed E-state index contributed by atoms with van der Waals surface area (Å²) in [6.45, 7) is 4.03. The van der Waals surface area contributed by atoms with Crippen LogP contribution < -0.4 is 0 Å². The fourth-order valence-electron chi connectivity index (χ4n) is 1.85. The average molecular weight is 251 g/mol. The van der Waals surface area contributed by atoms with Gasteiger partial charge in [-0.25, -0.2) is 13.6 Å². The maximum absolute atomic E-state index is 13.4. The summed E-state index contributed by atoms with van der Waals surface area (Å²) in [5.41, 5.74) is -0.710. The second-order valence-corrected chi connectivity index (χ2v) is 5.25. The SMILES string of the molecule is CC(C)(C)OC(=O)N1CCC[C@H]1C(F)(F)CO. The van der Waals surface area contributed by atoms with Gasteiger partial charge < -0.3 is 9.84 Å². The Labute approximate surface area is 99.5 Å². The Bertz CT molecular complexity index is 289. The molecule has 1 amide bonds. The molecule has 1 atom stereocenters. The van der Waals surface area contributed by atoms with Gasteiger partial charge in [-0.1, -0.05) is 0 Å². The smallest absolute Gasteiger partial charge is 0.410 e. The Hall–Kier alpha value is -0.910. The van der Waals surface area contributed by atoms with Crippen LogP contribution in [0.2, 0.25) is 0 Å². The number of carbonyl (C=O) groups is 1. The van der Waals surface area contributed by atoms with E-state index < -0.39 is 30.3 Å². The minimum absolute atomic E-state index is 0.187. The predicted octanol–water partition coefficient (Wildman–Crippen LogP) is 2.01. The molecule has 0 bridgehead atoms. The monoisotopic (exact) mass is 251 g/mol. The van der Waals surface area contributed by atoms with Gasteiger partial charge in [0.1, 0.15) is 18.2 Å². The summed E-state index contributed by atoms with van der Waals surface area (Å²) in [5, 5.41) is 8.66. The summed E-state index contributed by atoms with van der Waals surface area (Å²) in [4.78, 5) is 12.7. The molecule has 0 unspecified atom stereocenters. The lowest BCUT2D eigenvalue weighted by molar-refractivity contribution is -0.104. The molecule has 0 aliphatic carbocycles. The van der Waals surface area contributed by atoms with E-state index in [1.54, 1.807) is 20.8 Å². The third-order valence-electron chi connectivity index (χ3n) is 2.58. The molecule has 0 saturated carbocycles. The van der Waals surface area contributed by atoms with E-state index in [2.05, 4.69) is 0 Å². The lowest BCUT2D eigenvalue weighted by atomic mass is 10.1. The van der Waals surface area contributed by atoms with Crippen LogP contribution in [0.25, 0.3) is 0 Å². The fraction of sp³-hybridized carbons (Fsp3) is 0.909. The van der Waals surface area contributed by atoms with Gasteiger partial charge in [0.05, 0.1) is 0 Å². The van der Waals surface area contributed by atoms with Gasteiger partial charge in [-0.2, -0.15) is 0 Å². The second-order valence-electron chi connectivity index (χ2n) is 5.25. The van der Waals surface area contributed by atoms with Crippen molar-refractivity contribution in [3.8, 4) is 0 Å². The Balaban J connectivity index is 2.73. The molecule has 1 rings (SSSR count). The highest BCUT2D eigenvalue weighted by atomic mass is 19.3. The highest BCUT2D eigenvalue weighted by molar-refractivity contribution is 5.69. The van der Waals surface area contributed by atoms with Gasteiger partial charge in [0.2, 0.25) is 0 Å². The molecule has 0 aromatic heterocycles. The largest absolute Gasteiger partial charge is 0.444 e. The van der Waals surface area contributed by atoms with E-state index in [0.717, 1.165) is 4.90 Å². The topological polar surface area (TPSA) is 49.8 Å². The van der Waals surface area contributed by atoms with E-state index in [0.29, 0.717) is 6.42 Å². The van der Waals surface area contributed by atoms with E-state index in [4.69, 9.17) is 9.84 Å². The zero-order valence-corrected chi connectivity index (χ0v) is 10.4. The molecule has 0 aromatic rings. The van der Waals surface area contributed by atoms with Gasteiger partial charge in [-0.05, 0) is 33.6 Å². The van der Waals surface area contributed by atoms with Crippen LogP contribution in [0.4, 0.5) is 13.6 Å². The third kappa shape index (κ3) is 3.52. The first-order valence-corrected chi connectivity index (χ1v) is 5.66. The predicted molar refractivity (Wildman–Crippen MR) is 58.0 cm³/mol. The first-order valence-electron chi connectivity index (χ1n) is 5.66. The molecular weight excluding hydrogens is 232 g/mol. The van der Waals surface area contributed by atoms with Gasteiger partial charge in [0.25, 0.3) is 5.92 Å². The highest BCUT2D eigenvalue weighted by Gasteiger charge is 2.47. The van der Waals surface area contributed by atoms with E-state index >= 15 is 0 Å². The number of amides is 1. The van der Waals surface area contributed by atoms with Gasteiger partial charge in [-0.3, -0.25) is 4.90 Å². The molecule has 0 aromatic carbocycles. The number of alkyl halides is 2. The third-order valence-corrected chi connectivity index (χ3v) is 2.58. The number of halogens is 2. The molecule has 1 saturated heterocycles. The summed E-state index contributed by atoms with van der Waals surface area (Å²) in [6, 6.07) is -1.26. The normalized spacial score (nSPS) is 21.8. The minimum atomic E-state index is -3.27. The molecule has 1 fully saturated rings. The van der Waals surface area contributed by atoms with E-state index in [1.807, 2.05) is 0 Å². The molecule has 1 heterocycles. The minimum Gasteiger partial charge on any atom is -0.444 e. The number of carbonyl (C=O) groups excluding carboxylic acids is 1. The Morgan fingerprint density at radius 1 is 1.47 bits per heavy atom. The van der Waals surface area contributed by atoms with Crippen LogP contribution in [-0.4, -0.2) is 46.8 Å². The maximum atomic E-state index is 13.4. The van der Waals surface area contributed by atoms with Gasteiger partial charge in [0, 0.05) is 6.54 Å². The zero-order chi connectivity index (χ0) is 13.3. The van der Waals surface area contributed by atoms with Crippen LogP contribution in [0.5, 0.6) is 0 Å². The number of rotatable bonds is 2. The van der Waals surface area contributed by atoms with E-state index in [-0.39, 0.29) is 13.0 Å². The average Bonchev–Trinajstić information content (AvgIpc) is 2.63. The van der Waals surface area contributed by atoms with Crippen LogP contribution >= 0.6 is 0 Å². The molecule has 100 valence electrons. The van der Waals surface area contributed by atoms with Crippen LogP contribution in [0.15, 0.2) is 0 Å². The number of ether oxygens (including phenoxy) is 1. The van der Waals surface area contributed by atoms with E-state index in [9.17, 15) is 13.6 Å². The fourth-order valence-corrected chi connectivity index (χ4v) is 1.85. The van der Waals surface area contributed by atoms with Crippen LogP contribution in [-0.2, 0) is 4.74 Å². The van der Waals surface area contributed by atoms with Crippen molar-refractivity contribution >= 4 is 6.09 Å². The molecular formula is C11H19F2NO3. The number of nitrogens with zero attached hydrogens (tertiary/aromatic N) is 1. The highest BCUT2D eigenvalue weighted by Crippen LogP contribution is 2.32. The zero-order valence-electron chi connectivity index (χ0n) is 10.4. The first kappa shape index (κ1) is 14.2. The number of likely N-dealkylation sites (tertiary alicyclic amines) is 1. The number of aliphatic hydroxyl groups is 1. The number of aliphatic hydroxyl groups excluding tert-OH is 1. The van der Waals surface area contributed by atoms with Crippen molar-refractivity contribution < 1.29 is 23.4 Å². The second kappa shape index (κ2) is 4.76. The standard InChI is InChI=1S/C11H19F2NO3/c1-10(2,3)17-9(16)14-6-4-5-8(14)11(12,13)7-15/h8,15H,4-7H2,1-3H3/t8-/m0/s1. The molecule has 0 radical (unpaired) electrons. The van der Waals surface area contributed by atoms with Crippen LogP contribution in [0.3, 0.4) is 0 Å². The number of hydrogen-bond acceptors (Lipinski definition) is 3. The molecule has 1 aliphatic rings. The maximum Gasteiger partial charge on any atom is 0.410 e. The van der Waals surface area contributed by atoms with Crippen molar-refractivity contribution in [2.75, 3.05) is 13.2 Å². The van der Waals surface area contributed by atoms with Gasteiger partial charge >= 0.3 is 6.09 Å². The molecule has 1 N–H and O–H groups in total. The Morgan fingerprint density at radius 3 is 2.53 bits per heavy atom. The molecule has 0 spiro atoms. The number of hydrogen-bond donors (Lipinski definition) is 1. The quantitative estimate of drug-likeness (QED) is 0.816. The van der Waals surface area contributed by atoms with Crippen molar-refractivity contribution in [3.63, 3.8) is 0 Å².